The van der Waals surface area contributed by atoms with Crippen LogP contribution in [0, 0.1) is 0 Å². The maximum absolute atomic E-state index is 12.9. The van der Waals surface area contributed by atoms with Crippen molar-refractivity contribution in [2.24, 2.45) is 0 Å². The van der Waals surface area contributed by atoms with Crippen LogP contribution in [0.2, 0.25) is 0 Å². The quantitative estimate of drug-likeness (QED) is 0.0195. The zero-order valence-electron chi connectivity index (χ0n) is 55.4. The second-order valence-electron chi connectivity index (χ2n) is 24.1. The third-order valence-electron chi connectivity index (χ3n) is 14.7. The molecule has 0 fully saturated rings. The summed E-state index contributed by atoms with van der Waals surface area (Å²) in [5.41, 5.74) is 0. The highest BCUT2D eigenvalue weighted by Crippen LogP contribution is 2.16. The van der Waals surface area contributed by atoms with E-state index in [0.29, 0.717) is 17.4 Å². The first-order valence-electron chi connectivity index (χ1n) is 34.7. The Balaban J connectivity index is 4.19. The molecule has 0 aromatic heterocycles. The molecule has 0 aliphatic carbocycles. The van der Waals surface area contributed by atoms with Crippen molar-refractivity contribution in [1.82, 2.24) is 0 Å². The molecule has 2 atom stereocenters. The predicted octanol–water partition coefficient (Wildman–Crippen LogP) is 20.2. The molecule has 0 heterocycles. The van der Waals surface area contributed by atoms with Gasteiger partial charge in [-0.15, -0.1) is 0 Å². The first kappa shape index (κ1) is 80.7. The van der Waals surface area contributed by atoms with Crippen LogP contribution in [0.25, 0.3) is 0 Å². The normalized spacial score (nSPS) is 13.5. The number of ether oxygens (including phenoxy) is 4. The number of carbonyl (C=O) groups is 3. The van der Waals surface area contributed by atoms with Crippen molar-refractivity contribution in [2.45, 2.75) is 296 Å². The van der Waals surface area contributed by atoms with Crippen molar-refractivity contribution in [1.29, 1.82) is 0 Å². The van der Waals surface area contributed by atoms with Crippen LogP contribution >= 0.6 is 0 Å². The molecular weight excluding hydrogens is 1050 g/mol. The number of carbonyl (C=O) groups excluding carboxylic acids is 3. The van der Waals surface area contributed by atoms with Crippen LogP contribution in [-0.2, 0) is 33.3 Å². The SMILES string of the molecule is CC/C=C\C/C=C\C/C=C\C/C=C\C/C=C\C/C=C\C/C=C\C/C=C\CCCCCCCCCCC(=O)OC(COC(=O)CCCCCCCCCCCCCCCCC/C=C\C/C=C\CCCCCCC)COC(OCC[N+](C)(C)C)C(=O)[O-]. The van der Waals surface area contributed by atoms with Crippen LogP contribution in [0.4, 0.5) is 0 Å². The Labute approximate surface area is 523 Å². The molecule has 0 saturated heterocycles. The molecule has 0 radical (unpaired) electrons. The van der Waals surface area contributed by atoms with Gasteiger partial charge in [0, 0.05) is 12.8 Å². The summed E-state index contributed by atoms with van der Waals surface area (Å²) in [7, 11) is 5.92. The summed E-state index contributed by atoms with van der Waals surface area (Å²) in [6.45, 7) is 4.63. The van der Waals surface area contributed by atoms with Gasteiger partial charge in [0.2, 0.25) is 0 Å². The van der Waals surface area contributed by atoms with E-state index in [9.17, 15) is 19.5 Å². The van der Waals surface area contributed by atoms with Gasteiger partial charge >= 0.3 is 11.9 Å². The lowest BCUT2D eigenvalue weighted by molar-refractivity contribution is -0.870. The number of nitrogens with zero attached hydrogens (tertiary/aromatic N) is 1. The van der Waals surface area contributed by atoms with Gasteiger partial charge in [-0.2, -0.15) is 0 Å². The Bertz CT molecular complexity index is 1810. The number of rotatable bonds is 63. The van der Waals surface area contributed by atoms with Gasteiger partial charge in [-0.25, -0.2) is 0 Å². The molecule has 0 aromatic carbocycles. The highest BCUT2D eigenvalue weighted by atomic mass is 16.7. The van der Waals surface area contributed by atoms with E-state index in [2.05, 4.69) is 135 Å². The Hall–Kier alpha value is -4.31. The summed E-state index contributed by atoms with van der Waals surface area (Å²) < 4.78 is 22.8. The van der Waals surface area contributed by atoms with Gasteiger partial charge in [0.05, 0.1) is 40.3 Å². The number of quaternary nitrogens is 1. The molecule has 0 rings (SSSR count). The van der Waals surface area contributed by atoms with E-state index in [-0.39, 0.29) is 38.6 Å². The Morgan fingerprint density at radius 3 is 1.00 bits per heavy atom. The minimum Gasteiger partial charge on any atom is -0.545 e. The van der Waals surface area contributed by atoms with Gasteiger partial charge in [-0.05, 0) is 109 Å². The Morgan fingerprint density at radius 1 is 0.365 bits per heavy atom. The molecule has 0 aliphatic rings. The molecular formula is C76H129NO8. The molecule has 0 aromatic rings. The molecule has 0 spiro atoms. The number of carboxylic acid groups (broad SMARTS) is 1. The fraction of sp³-hybridized carbons (Fsp3) is 0.697. The monoisotopic (exact) mass is 1180 g/mol. The fourth-order valence-electron chi connectivity index (χ4n) is 9.41. The highest BCUT2D eigenvalue weighted by molar-refractivity contribution is 5.70. The Kier molecular flexibility index (Phi) is 62.3. The minimum absolute atomic E-state index is 0.141. The maximum atomic E-state index is 12.9. The van der Waals surface area contributed by atoms with E-state index in [0.717, 1.165) is 103 Å². The number of allylic oxidation sites excluding steroid dienone is 20. The molecule has 0 bridgehead atoms. The topological polar surface area (TPSA) is 111 Å². The molecule has 486 valence electrons. The lowest BCUT2D eigenvalue weighted by atomic mass is 10.0. The molecule has 0 aliphatic heterocycles. The van der Waals surface area contributed by atoms with E-state index >= 15 is 0 Å². The maximum Gasteiger partial charge on any atom is 0.306 e. The first-order chi connectivity index (χ1) is 41.6. The van der Waals surface area contributed by atoms with E-state index < -0.39 is 24.3 Å². The second-order valence-corrected chi connectivity index (χ2v) is 24.1. The average molecular weight is 1180 g/mol. The Morgan fingerprint density at radius 2 is 0.671 bits per heavy atom. The number of likely N-dealkylation sites (N-methyl/N-ethyl adjacent to an activating group) is 1. The fourth-order valence-corrected chi connectivity index (χ4v) is 9.41. The van der Waals surface area contributed by atoms with Crippen LogP contribution in [0.1, 0.15) is 284 Å². The second kappa shape index (κ2) is 65.7. The zero-order valence-corrected chi connectivity index (χ0v) is 55.4. The van der Waals surface area contributed by atoms with Gasteiger partial charge in [0.15, 0.2) is 12.4 Å². The van der Waals surface area contributed by atoms with Gasteiger partial charge in [0.25, 0.3) is 0 Å². The number of carboxylic acids is 1. The number of unbranched alkanes of at least 4 members (excludes halogenated alkanes) is 28. The van der Waals surface area contributed by atoms with Crippen LogP contribution in [-0.4, -0.2) is 82.3 Å². The highest BCUT2D eigenvalue weighted by Gasteiger charge is 2.22. The summed E-state index contributed by atoms with van der Waals surface area (Å²) in [4.78, 5) is 37.5. The third-order valence-corrected chi connectivity index (χ3v) is 14.7. The standard InChI is InChI=1S/C76H129NO8/c1-6-8-10-12-14-16-18-20-22-24-26-28-30-32-34-35-36-37-38-39-41-43-45-47-49-51-53-55-57-59-61-63-65-67-74(79)85-72(71-84-76(75(80)81)82-69-68-77(3,4)5)70-83-73(78)66-64-62-60-58-56-54-52-50-48-46-44-42-40-33-31-29-27-25-23-21-19-17-15-13-11-9-7-2/h8,10,14,16,19-22,25-28,32,34,36-37,39,41,45,47,72,76H,6-7,9,11-13,15,17-18,23-24,29-31,33,35,38,40,42-44,46,48-71H2,1-5H3/b10-8-,16-14-,21-19-,22-20-,27-25-,28-26-,34-32-,37-36-,41-39-,47-45-. The lowest BCUT2D eigenvalue weighted by Gasteiger charge is -2.26. The molecule has 0 saturated carbocycles. The predicted molar refractivity (Wildman–Crippen MR) is 361 cm³/mol. The van der Waals surface area contributed by atoms with Crippen molar-refractivity contribution < 1.29 is 42.9 Å². The average Bonchev–Trinajstić information content (AvgIpc) is 3.49. The zero-order chi connectivity index (χ0) is 61.9. The molecule has 9 nitrogen and oxygen atoms in total. The first-order valence-corrected chi connectivity index (χ1v) is 34.7. The van der Waals surface area contributed by atoms with Crippen LogP contribution < -0.4 is 5.11 Å². The van der Waals surface area contributed by atoms with Gasteiger partial charge < -0.3 is 33.3 Å². The van der Waals surface area contributed by atoms with Gasteiger partial charge in [-0.1, -0.05) is 283 Å². The van der Waals surface area contributed by atoms with Crippen LogP contribution in [0.5, 0.6) is 0 Å². The lowest BCUT2D eigenvalue weighted by Crippen LogP contribution is -2.44. The van der Waals surface area contributed by atoms with Gasteiger partial charge in [-0.3, -0.25) is 9.59 Å². The molecule has 9 heteroatoms. The molecule has 0 N–H and O–H groups in total. The number of esters is 2. The van der Waals surface area contributed by atoms with E-state index in [1.807, 2.05) is 21.1 Å². The smallest absolute Gasteiger partial charge is 0.306 e. The van der Waals surface area contributed by atoms with E-state index in [1.165, 1.54) is 148 Å². The number of hydrogen-bond acceptors (Lipinski definition) is 8. The van der Waals surface area contributed by atoms with Crippen molar-refractivity contribution >= 4 is 17.9 Å². The van der Waals surface area contributed by atoms with Crippen LogP contribution in [0.15, 0.2) is 122 Å². The molecule has 85 heavy (non-hydrogen) atoms. The molecule has 2 unspecified atom stereocenters. The van der Waals surface area contributed by atoms with Crippen molar-refractivity contribution in [2.75, 3.05) is 47.5 Å². The molecule has 0 amide bonds. The van der Waals surface area contributed by atoms with Crippen molar-refractivity contribution in [3.63, 3.8) is 0 Å². The van der Waals surface area contributed by atoms with Crippen molar-refractivity contribution in [3.05, 3.63) is 122 Å². The van der Waals surface area contributed by atoms with E-state index in [4.69, 9.17) is 18.9 Å². The third kappa shape index (κ3) is 67.1. The largest absolute Gasteiger partial charge is 0.545 e. The van der Waals surface area contributed by atoms with Gasteiger partial charge in [0.1, 0.15) is 13.2 Å². The minimum atomic E-state index is -1.63. The summed E-state index contributed by atoms with van der Waals surface area (Å²) in [6.07, 6.45) is 89.8. The summed E-state index contributed by atoms with van der Waals surface area (Å²) in [6, 6.07) is 0. The summed E-state index contributed by atoms with van der Waals surface area (Å²) in [5, 5.41) is 11.8. The van der Waals surface area contributed by atoms with Crippen molar-refractivity contribution in [3.8, 4) is 0 Å². The number of hydrogen-bond donors (Lipinski definition) is 0. The number of aliphatic carboxylic acids is 1. The summed E-state index contributed by atoms with van der Waals surface area (Å²) >= 11 is 0. The van der Waals surface area contributed by atoms with Crippen LogP contribution in [0.3, 0.4) is 0 Å². The summed E-state index contributed by atoms with van der Waals surface area (Å²) in [5.74, 6) is -2.29. The van der Waals surface area contributed by atoms with E-state index in [1.54, 1.807) is 0 Å².